The largest absolute Gasteiger partial charge is 0.412 e. The van der Waals surface area contributed by atoms with Gasteiger partial charge in [0.1, 0.15) is 0 Å². The third-order valence-electron chi connectivity index (χ3n) is 0.371. The number of carbonyl (C=O) groups is 2. The summed E-state index contributed by atoms with van der Waals surface area (Å²) in [4.78, 5) is 20.1. The minimum atomic E-state index is -1.63. The van der Waals surface area contributed by atoms with Gasteiger partial charge in [-0.1, -0.05) is 0 Å². The van der Waals surface area contributed by atoms with Crippen molar-refractivity contribution < 1.29 is 26.7 Å². The van der Waals surface area contributed by atoms with Crippen LogP contribution in [0.3, 0.4) is 0 Å². The van der Waals surface area contributed by atoms with Crippen LogP contribution in [-0.4, -0.2) is 44.9 Å². The van der Waals surface area contributed by atoms with Gasteiger partial charge in [-0.3, -0.25) is 0 Å². The van der Waals surface area contributed by atoms with Crippen LogP contribution in [0.15, 0.2) is 0 Å². The summed E-state index contributed by atoms with van der Waals surface area (Å²) >= 11 is -1.63. The van der Waals surface area contributed by atoms with Gasteiger partial charge in [0.05, 0.1) is 0 Å². The molecule has 2 radical (unpaired) electrons. The van der Waals surface area contributed by atoms with Crippen molar-refractivity contribution in [2.75, 3.05) is 0 Å². The minimum Gasteiger partial charge on any atom is -0.412 e. The normalized spacial score (nSPS) is 6.73. The predicted molar refractivity (Wildman–Crippen MR) is 36.5 cm³/mol. The molecule has 0 aromatic rings. The Labute approximate surface area is 74.8 Å². The van der Waals surface area contributed by atoms with Gasteiger partial charge in [-0.15, -0.1) is 0 Å². The summed E-state index contributed by atoms with van der Waals surface area (Å²) in [6, 6.07) is 0. The van der Waals surface area contributed by atoms with E-state index in [-0.39, 0.29) is 22.9 Å². The number of hydrogen-bond donors (Lipinski definition) is 0. The van der Waals surface area contributed by atoms with Crippen LogP contribution >= 0.6 is 0 Å². The van der Waals surface area contributed by atoms with E-state index in [0.717, 1.165) is 0 Å². The fourth-order valence-corrected chi connectivity index (χ4v) is 0.927. The molecule has 0 rings (SSSR count). The van der Waals surface area contributed by atoms with Crippen molar-refractivity contribution in [3.05, 3.63) is 0 Å². The molecule has 7 heteroatoms. The maximum absolute atomic E-state index is 10.1. The molecule has 6 nitrogen and oxygen atoms in total. The van der Waals surface area contributed by atoms with Crippen LogP contribution in [0.25, 0.3) is 0 Å². The summed E-state index contributed by atoms with van der Waals surface area (Å²) in [7, 11) is 0. The van der Waals surface area contributed by atoms with E-state index in [0.29, 0.717) is 0 Å². The average Bonchev–Trinajstić information content (AvgIpc) is 1.63. The molecule has 66 valence electrons. The topological polar surface area (TPSA) is 116 Å². The van der Waals surface area contributed by atoms with E-state index >= 15 is 0 Å². The summed E-state index contributed by atoms with van der Waals surface area (Å²) < 4.78 is 8.88. The van der Waals surface area contributed by atoms with Gasteiger partial charge in [-0.2, -0.15) is 0 Å². The molecule has 11 heavy (non-hydrogen) atoms. The first-order valence-electron chi connectivity index (χ1n) is 2.22. The first-order valence-corrected chi connectivity index (χ1v) is 4.56. The van der Waals surface area contributed by atoms with Gasteiger partial charge in [-0.25, -0.2) is 0 Å². The molecule has 0 spiro atoms. The van der Waals surface area contributed by atoms with E-state index in [9.17, 15) is 9.59 Å². The minimum absolute atomic E-state index is 0. The molecule has 0 amide bonds. The van der Waals surface area contributed by atoms with E-state index in [2.05, 4.69) is 6.15 Å². The molecule has 0 saturated carbocycles. The van der Waals surface area contributed by atoms with Gasteiger partial charge in [0.25, 0.3) is 0 Å². The Morgan fingerprint density at radius 3 is 1.45 bits per heavy atom. The van der Waals surface area contributed by atoms with Crippen molar-refractivity contribution in [3.63, 3.8) is 0 Å². The fraction of sp³-hybridized carbons (Fsp3) is 0.500. The molecule has 0 heterocycles. The van der Waals surface area contributed by atoms with Gasteiger partial charge >= 0.3 is 63.5 Å². The fourth-order valence-electron chi connectivity index (χ4n) is 0.138. The predicted octanol–water partition coefficient (Wildman–Crippen LogP) is -2.00. The summed E-state index contributed by atoms with van der Waals surface area (Å²) in [5.41, 5.74) is 0. The molecule has 0 unspecified atom stereocenters. The molecule has 0 bridgehead atoms. The van der Waals surface area contributed by atoms with Crippen molar-refractivity contribution in [2.45, 2.75) is 13.8 Å². The summed E-state index contributed by atoms with van der Waals surface area (Å²) in [6.45, 7) is 2.56. The van der Waals surface area contributed by atoms with Crippen molar-refractivity contribution in [2.24, 2.45) is 0 Å². The molecule has 0 aromatic heterocycles. The van der Waals surface area contributed by atoms with Crippen molar-refractivity contribution in [3.8, 4) is 0 Å². The summed E-state index contributed by atoms with van der Waals surface area (Å²) in [6.07, 6.45) is 0. The van der Waals surface area contributed by atoms with Gasteiger partial charge in [0, 0.05) is 0 Å². The van der Waals surface area contributed by atoms with Crippen LogP contribution in [-0.2, 0) is 15.7 Å². The maximum atomic E-state index is 10.1. The van der Waals surface area contributed by atoms with E-state index in [1.54, 1.807) is 0 Å². The molecular formula is C4H10O6Sn. The maximum Gasteiger partial charge on any atom is -0.412 e. The zero-order chi connectivity index (χ0) is 7.28. The SMILES string of the molecule is CC(=O)[O][Sn][O]C(C)=O.O.O. The molecule has 0 aromatic carbocycles. The quantitative estimate of drug-likeness (QED) is 0.540. The molecule has 0 saturated heterocycles. The van der Waals surface area contributed by atoms with E-state index in [4.69, 9.17) is 0 Å². The smallest absolute Gasteiger partial charge is 0.412 e. The second-order valence-electron chi connectivity index (χ2n) is 1.27. The second kappa shape index (κ2) is 9.66. The monoisotopic (exact) mass is 274 g/mol. The Morgan fingerprint density at radius 2 is 1.27 bits per heavy atom. The van der Waals surface area contributed by atoms with Gasteiger partial charge < -0.3 is 11.0 Å². The molecule has 0 aliphatic carbocycles. The van der Waals surface area contributed by atoms with Crippen LogP contribution in [0.4, 0.5) is 0 Å². The summed E-state index contributed by atoms with van der Waals surface area (Å²) in [5.74, 6) is -0.772. The van der Waals surface area contributed by atoms with Crippen LogP contribution in [0, 0.1) is 0 Å². The second-order valence-corrected chi connectivity index (χ2v) is 2.91. The van der Waals surface area contributed by atoms with Crippen LogP contribution in [0.5, 0.6) is 0 Å². The number of carbonyl (C=O) groups excluding carboxylic acids is 2. The Kier molecular flexibility index (Phi) is 14.9. The molecular weight excluding hydrogens is 263 g/mol. The molecule has 0 aliphatic rings. The first-order chi connectivity index (χ1) is 4.13. The van der Waals surface area contributed by atoms with Gasteiger partial charge in [0.2, 0.25) is 0 Å². The van der Waals surface area contributed by atoms with Crippen LogP contribution < -0.4 is 0 Å². The van der Waals surface area contributed by atoms with Crippen molar-refractivity contribution in [1.82, 2.24) is 0 Å². The Hall–Kier alpha value is -0.341. The molecule has 0 fully saturated rings. The standard InChI is InChI=1S/2C2H4O2.2H2O.Sn/c2*1-2(3)4;;;/h2*1H3,(H,3,4);2*1H2;/q;;;;+2/p-2. The zero-order valence-corrected chi connectivity index (χ0v) is 8.99. The average molecular weight is 273 g/mol. The number of rotatable bonds is 2. The van der Waals surface area contributed by atoms with E-state index in [1.807, 2.05) is 0 Å². The Bertz CT molecular complexity index is 110. The number of hydrogen-bond acceptors (Lipinski definition) is 4. The molecule has 0 aliphatic heterocycles. The molecule has 0 atom stereocenters. The van der Waals surface area contributed by atoms with E-state index < -0.39 is 22.0 Å². The third-order valence-corrected chi connectivity index (χ3v) is 2.49. The van der Waals surface area contributed by atoms with Crippen LogP contribution in [0.2, 0.25) is 0 Å². The summed E-state index contributed by atoms with van der Waals surface area (Å²) in [5, 5.41) is 0. The van der Waals surface area contributed by atoms with Crippen molar-refractivity contribution >= 4 is 33.9 Å². The third kappa shape index (κ3) is 17.7. The zero-order valence-electron chi connectivity index (χ0n) is 6.13. The van der Waals surface area contributed by atoms with Gasteiger partial charge in [0.15, 0.2) is 0 Å². The van der Waals surface area contributed by atoms with E-state index in [1.165, 1.54) is 13.8 Å². The van der Waals surface area contributed by atoms with Crippen LogP contribution in [0.1, 0.15) is 13.8 Å². The van der Waals surface area contributed by atoms with Gasteiger partial charge in [-0.05, 0) is 0 Å². The Balaban J connectivity index is -0.000000320. The Morgan fingerprint density at radius 1 is 1.00 bits per heavy atom. The first kappa shape index (κ1) is 17.0. The molecule has 4 N–H and O–H groups in total. The van der Waals surface area contributed by atoms with Crippen molar-refractivity contribution in [1.29, 1.82) is 0 Å².